The van der Waals surface area contributed by atoms with Crippen molar-refractivity contribution in [2.45, 2.75) is 96.8 Å². The Balaban J connectivity index is 1.28. The van der Waals surface area contributed by atoms with Gasteiger partial charge in [-0.25, -0.2) is 0 Å². The summed E-state index contributed by atoms with van der Waals surface area (Å²) in [6.07, 6.45) is 10.7. The highest BCUT2D eigenvalue weighted by molar-refractivity contribution is 5.12. The summed E-state index contributed by atoms with van der Waals surface area (Å²) in [6, 6.07) is 0.853. The average molecular weight is 416 g/mol. The predicted molar refractivity (Wildman–Crippen MR) is 120 cm³/mol. The summed E-state index contributed by atoms with van der Waals surface area (Å²) < 4.78 is 0. The van der Waals surface area contributed by atoms with Gasteiger partial charge in [0.15, 0.2) is 0 Å². The Morgan fingerprint density at radius 2 is 1.53 bits per heavy atom. The molecule has 170 valence electrons. The van der Waals surface area contributed by atoms with Crippen LogP contribution in [0.15, 0.2) is 0 Å². The fraction of sp³-hybridized carbons (Fsp3) is 1.00. The molecule has 0 unspecified atom stereocenters. The maximum atomic E-state index is 11.2. The van der Waals surface area contributed by atoms with Crippen LogP contribution in [-0.4, -0.2) is 46.5 Å². The first-order valence-electron chi connectivity index (χ1n) is 13.5. The maximum absolute atomic E-state index is 11.2. The van der Waals surface area contributed by atoms with Crippen molar-refractivity contribution < 1.29 is 10.2 Å². The Kier molecular flexibility index (Phi) is 4.91. The Hall–Kier alpha value is -0.120. The number of nitrogens with zero attached hydrogens (tertiary/aromatic N) is 1. The van der Waals surface area contributed by atoms with Gasteiger partial charge in [0.2, 0.25) is 0 Å². The molecule has 0 amide bonds. The van der Waals surface area contributed by atoms with Crippen LogP contribution < -0.4 is 0 Å². The van der Waals surface area contributed by atoms with Gasteiger partial charge >= 0.3 is 0 Å². The molecule has 4 saturated carbocycles. The summed E-state index contributed by atoms with van der Waals surface area (Å²) in [5, 5.41) is 21.5. The van der Waals surface area contributed by atoms with Crippen LogP contribution in [0.1, 0.15) is 78.6 Å². The van der Waals surface area contributed by atoms with Gasteiger partial charge in [-0.1, -0.05) is 20.8 Å². The second kappa shape index (κ2) is 7.19. The van der Waals surface area contributed by atoms with Crippen LogP contribution in [0.3, 0.4) is 0 Å². The molecule has 0 bridgehead atoms. The fourth-order valence-corrected chi connectivity index (χ4v) is 10.6. The zero-order valence-electron chi connectivity index (χ0n) is 19.5. The number of fused-ring (bicyclic) bond motifs is 8. The van der Waals surface area contributed by atoms with Crippen molar-refractivity contribution in [3.8, 4) is 0 Å². The number of aliphatic hydroxyl groups is 2. The van der Waals surface area contributed by atoms with Crippen LogP contribution in [0.4, 0.5) is 0 Å². The van der Waals surface area contributed by atoms with Crippen LogP contribution in [0.2, 0.25) is 0 Å². The monoisotopic (exact) mass is 415 g/mol. The molecule has 4 aliphatic carbocycles. The molecular formula is C27H45NO2. The second-order valence-corrected chi connectivity index (χ2v) is 13.1. The lowest BCUT2D eigenvalue weighted by molar-refractivity contribution is -0.130. The lowest BCUT2D eigenvalue weighted by Crippen LogP contribution is -2.58. The molecule has 0 aromatic carbocycles. The molecule has 30 heavy (non-hydrogen) atoms. The van der Waals surface area contributed by atoms with Gasteiger partial charge in [-0.3, -0.25) is 4.90 Å². The molecule has 13 atom stereocenters. The Labute approximate surface area is 184 Å². The van der Waals surface area contributed by atoms with Gasteiger partial charge in [0.25, 0.3) is 0 Å². The summed E-state index contributed by atoms with van der Waals surface area (Å²) in [7, 11) is 0. The quantitative estimate of drug-likeness (QED) is 0.609. The minimum absolute atomic E-state index is 0.180. The number of hydrogen-bond acceptors (Lipinski definition) is 3. The van der Waals surface area contributed by atoms with Crippen molar-refractivity contribution in [3.63, 3.8) is 0 Å². The zero-order valence-corrected chi connectivity index (χ0v) is 19.5. The van der Waals surface area contributed by atoms with E-state index in [0.29, 0.717) is 5.92 Å². The summed E-state index contributed by atoms with van der Waals surface area (Å²) >= 11 is 0. The molecular weight excluding hydrogens is 370 g/mol. The first kappa shape index (κ1) is 20.5. The van der Waals surface area contributed by atoms with Crippen molar-refractivity contribution in [2.75, 3.05) is 13.1 Å². The van der Waals surface area contributed by atoms with Crippen molar-refractivity contribution in [3.05, 3.63) is 0 Å². The van der Waals surface area contributed by atoms with Gasteiger partial charge in [0.05, 0.1) is 12.2 Å². The molecule has 2 N–H and O–H groups in total. The molecule has 0 aromatic heterocycles. The highest BCUT2D eigenvalue weighted by Crippen LogP contribution is 2.67. The zero-order chi connectivity index (χ0) is 20.8. The Morgan fingerprint density at radius 3 is 2.37 bits per heavy atom. The number of piperidine rings is 2. The molecule has 2 heterocycles. The SMILES string of the molecule is C[C@H]1CC[C@@H]2[C@H](C)[C@H]3CC[C@@H]4[C@@H](C[C@H]5[C@H]4C[C@@H](O)[C@H]4C[C@@H](O)CC[C@@]45C)[C@@H]3CN2C1. The van der Waals surface area contributed by atoms with Crippen LogP contribution in [0.25, 0.3) is 0 Å². The van der Waals surface area contributed by atoms with E-state index in [9.17, 15) is 10.2 Å². The highest BCUT2D eigenvalue weighted by Gasteiger charge is 2.62. The summed E-state index contributed by atoms with van der Waals surface area (Å²) in [6.45, 7) is 10.3. The van der Waals surface area contributed by atoms with Gasteiger partial charge in [0, 0.05) is 19.1 Å². The summed E-state index contributed by atoms with van der Waals surface area (Å²) in [5.74, 6) is 7.22. The fourth-order valence-electron chi connectivity index (χ4n) is 10.6. The lowest BCUT2D eigenvalue weighted by Gasteiger charge is -2.56. The summed E-state index contributed by atoms with van der Waals surface area (Å²) in [4.78, 5) is 2.92. The molecule has 6 aliphatic rings. The summed E-state index contributed by atoms with van der Waals surface area (Å²) in [5.41, 5.74) is 0.261. The van der Waals surface area contributed by atoms with Crippen LogP contribution in [0.5, 0.6) is 0 Å². The number of aliphatic hydroxyl groups excluding tert-OH is 2. The third-order valence-electron chi connectivity index (χ3n) is 12.0. The van der Waals surface area contributed by atoms with E-state index in [0.717, 1.165) is 79.1 Å². The van der Waals surface area contributed by atoms with Gasteiger partial charge in [-0.2, -0.15) is 0 Å². The first-order chi connectivity index (χ1) is 14.4. The molecule has 2 saturated heterocycles. The van der Waals surface area contributed by atoms with Crippen molar-refractivity contribution >= 4 is 0 Å². The van der Waals surface area contributed by atoms with E-state index in [1.807, 2.05) is 0 Å². The third kappa shape index (κ3) is 2.86. The van der Waals surface area contributed by atoms with Crippen molar-refractivity contribution in [1.29, 1.82) is 0 Å². The van der Waals surface area contributed by atoms with Crippen molar-refractivity contribution in [2.24, 2.45) is 58.7 Å². The third-order valence-corrected chi connectivity index (χ3v) is 12.0. The topological polar surface area (TPSA) is 43.7 Å². The van der Waals surface area contributed by atoms with E-state index in [1.54, 1.807) is 0 Å². The molecule has 0 spiro atoms. The van der Waals surface area contributed by atoms with E-state index in [-0.39, 0.29) is 17.6 Å². The number of rotatable bonds is 0. The maximum Gasteiger partial charge on any atom is 0.0577 e. The largest absolute Gasteiger partial charge is 0.393 e. The molecule has 2 aliphatic heterocycles. The van der Waals surface area contributed by atoms with Gasteiger partial charge in [0.1, 0.15) is 0 Å². The van der Waals surface area contributed by atoms with E-state index in [1.165, 1.54) is 45.2 Å². The highest BCUT2D eigenvalue weighted by atomic mass is 16.3. The van der Waals surface area contributed by atoms with E-state index >= 15 is 0 Å². The van der Waals surface area contributed by atoms with Gasteiger partial charge in [-0.05, 0) is 116 Å². The second-order valence-electron chi connectivity index (χ2n) is 13.1. The van der Waals surface area contributed by atoms with Crippen LogP contribution in [-0.2, 0) is 0 Å². The molecule has 3 nitrogen and oxygen atoms in total. The molecule has 3 heteroatoms. The lowest BCUT2D eigenvalue weighted by atomic mass is 9.51. The standard InChI is InChI=1S/C27H45NO2/c1-15-4-7-25-16(2)18-5-6-19-20(22(18)14-28(25)13-15)11-23-21(19)12-26(30)24-10-17(29)8-9-27(23,24)3/h15-26,29-30H,4-14H2,1-3H3/t15-,16+,17-,18+,19+,20+,21-,22+,23-,24+,25+,26+,27+/m0/s1. The Morgan fingerprint density at radius 1 is 0.733 bits per heavy atom. The van der Waals surface area contributed by atoms with E-state index in [2.05, 4.69) is 25.7 Å². The van der Waals surface area contributed by atoms with Gasteiger partial charge in [-0.15, -0.1) is 0 Å². The molecule has 0 aromatic rings. The minimum atomic E-state index is -0.181. The predicted octanol–water partition coefficient (Wildman–Crippen LogP) is 4.56. The first-order valence-corrected chi connectivity index (χ1v) is 13.5. The molecule has 0 radical (unpaired) electrons. The molecule has 6 rings (SSSR count). The van der Waals surface area contributed by atoms with Crippen LogP contribution >= 0.6 is 0 Å². The van der Waals surface area contributed by atoms with Gasteiger partial charge < -0.3 is 10.2 Å². The normalized spacial score (nSPS) is 60.7. The van der Waals surface area contributed by atoms with Crippen LogP contribution in [0, 0.1) is 58.7 Å². The minimum Gasteiger partial charge on any atom is -0.393 e. The van der Waals surface area contributed by atoms with E-state index in [4.69, 9.17) is 0 Å². The molecule has 6 fully saturated rings. The van der Waals surface area contributed by atoms with E-state index < -0.39 is 0 Å². The average Bonchev–Trinajstić information content (AvgIpc) is 3.09. The smallest absolute Gasteiger partial charge is 0.0577 e. The Bertz CT molecular complexity index is 665. The van der Waals surface area contributed by atoms with Crippen molar-refractivity contribution in [1.82, 2.24) is 4.90 Å². The number of hydrogen-bond donors (Lipinski definition) is 2.